The second-order valence-electron chi connectivity index (χ2n) is 3.85. The molecule has 0 saturated carbocycles. The number of thioether (sulfide) groups is 1. The Morgan fingerprint density at radius 3 is 2.44 bits per heavy atom. The number of Topliss-reactive ketones (excluding diaryl/α,β-unsaturated/α-hetero) is 1. The maximum atomic E-state index is 11.6. The van der Waals surface area contributed by atoms with Crippen molar-refractivity contribution in [3.63, 3.8) is 0 Å². The van der Waals surface area contributed by atoms with Gasteiger partial charge in [0, 0.05) is 17.1 Å². The summed E-state index contributed by atoms with van der Waals surface area (Å²) in [5, 5.41) is 0. The lowest BCUT2D eigenvalue weighted by Gasteiger charge is -2.25. The van der Waals surface area contributed by atoms with Crippen molar-refractivity contribution in [1.82, 2.24) is 0 Å². The molecule has 1 heterocycles. The van der Waals surface area contributed by atoms with Crippen molar-refractivity contribution in [2.75, 3.05) is 18.1 Å². The van der Waals surface area contributed by atoms with Crippen LogP contribution in [0.4, 0.5) is 0 Å². The predicted octanol–water partition coefficient (Wildman–Crippen LogP) is 1.93. The molecule has 1 aliphatic heterocycles. The van der Waals surface area contributed by atoms with Gasteiger partial charge >= 0.3 is 5.97 Å². The fourth-order valence-corrected chi connectivity index (χ4v) is 2.04. The molecule has 0 aliphatic carbocycles. The van der Waals surface area contributed by atoms with Crippen LogP contribution in [0.2, 0.25) is 0 Å². The first-order valence-corrected chi connectivity index (χ1v) is 6.92. The van der Waals surface area contributed by atoms with Gasteiger partial charge in [0.2, 0.25) is 0 Å². The van der Waals surface area contributed by atoms with Gasteiger partial charge in [-0.3, -0.25) is 4.79 Å². The summed E-state index contributed by atoms with van der Waals surface area (Å²) in [5.74, 6) is 1.29. The van der Waals surface area contributed by atoms with Crippen molar-refractivity contribution in [3.8, 4) is 5.75 Å². The molecule has 96 valence electrons. The van der Waals surface area contributed by atoms with Gasteiger partial charge in [-0.25, -0.2) is 4.79 Å². The molecule has 0 unspecified atom stereocenters. The van der Waals surface area contributed by atoms with E-state index in [4.69, 9.17) is 4.74 Å². The molecule has 1 aromatic carbocycles. The van der Waals surface area contributed by atoms with E-state index in [0.717, 1.165) is 17.3 Å². The Kier molecular flexibility index (Phi) is 4.25. The van der Waals surface area contributed by atoms with Crippen molar-refractivity contribution >= 4 is 23.5 Å². The monoisotopic (exact) mass is 266 g/mol. The van der Waals surface area contributed by atoms with Crippen LogP contribution in [-0.2, 0) is 9.53 Å². The van der Waals surface area contributed by atoms with E-state index < -0.39 is 11.8 Å². The standard InChI is InChI=1S/C13H14O4S/c1-2-16-13(15)12(14)9-3-5-10(6-4-9)17-11-7-18-8-11/h3-6,11H,2,7-8H2,1H3. The number of ketones is 1. The van der Waals surface area contributed by atoms with E-state index in [-0.39, 0.29) is 12.7 Å². The number of carbonyl (C=O) groups is 2. The van der Waals surface area contributed by atoms with E-state index in [0.29, 0.717) is 5.56 Å². The summed E-state index contributed by atoms with van der Waals surface area (Å²) in [6.07, 6.45) is 0.265. The molecule has 18 heavy (non-hydrogen) atoms. The van der Waals surface area contributed by atoms with Gasteiger partial charge in [-0.2, -0.15) is 11.8 Å². The van der Waals surface area contributed by atoms with Crippen LogP contribution in [0.3, 0.4) is 0 Å². The minimum Gasteiger partial charge on any atom is -0.489 e. The zero-order valence-electron chi connectivity index (χ0n) is 10.0. The number of esters is 1. The summed E-state index contributed by atoms with van der Waals surface area (Å²) in [5.41, 5.74) is 0.323. The quantitative estimate of drug-likeness (QED) is 0.463. The molecule has 0 amide bonds. The molecule has 0 atom stereocenters. The zero-order valence-corrected chi connectivity index (χ0v) is 10.9. The molecule has 1 saturated heterocycles. The molecule has 1 aliphatic rings. The number of ether oxygens (including phenoxy) is 2. The predicted molar refractivity (Wildman–Crippen MR) is 69.1 cm³/mol. The first-order chi connectivity index (χ1) is 8.70. The molecular formula is C13H14O4S. The highest BCUT2D eigenvalue weighted by Gasteiger charge is 2.20. The van der Waals surface area contributed by atoms with Crippen LogP contribution in [0.1, 0.15) is 17.3 Å². The number of hydrogen-bond donors (Lipinski definition) is 0. The van der Waals surface area contributed by atoms with Crippen LogP contribution >= 0.6 is 11.8 Å². The van der Waals surface area contributed by atoms with Crippen LogP contribution in [0.15, 0.2) is 24.3 Å². The third kappa shape index (κ3) is 3.04. The minimum absolute atomic E-state index is 0.200. The molecule has 0 spiro atoms. The van der Waals surface area contributed by atoms with Gasteiger partial charge in [0.15, 0.2) is 0 Å². The van der Waals surface area contributed by atoms with E-state index in [1.807, 2.05) is 11.8 Å². The van der Waals surface area contributed by atoms with Crippen molar-refractivity contribution in [3.05, 3.63) is 29.8 Å². The molecular weight excluding hydrogens is 252 g/mol. The SMILES string of the molecule is CCOC(=O)C(=O)c1ccc(OC2CSC2)cc1. The first-order valence-electron chi connectivity index (χ1n) is 5.76. The number of carbonyl (C=O) groups excluding carboxylic acids is 2. The van der Waals surface area contributed by atoms with E-state index in [2.05, 4.69) is 4.74 Å². The van der Waals surface area contributed by atoms with Crippen molar-refractivity contribution in [1.29, 1.82) is 0 Å². The summed E-state index contributed by atoms with van der Waals surface area (Å²) in [4.78, 5) is 22.9. The Bertz CT molecular complexity index is 437. The number of hydrogen-bond acceptors (Lipinski definition) is 5. The lowest BCUT2D eigenvalue weighted by molar-refractivity contribution is -0.137. The highest BCUT2D eigenvalue weighted by Crippen LogP contribution is 2.24. The largest absolute Gasteiger partial charge is 0.489 e. The van der Waals surface area contributed by atoms with Crippen molar-refractivity contribution < 1.29 is 19.1 Å². The summed E-state index contributed by atoms with van der Waals surface area (Å²) < 4.78 is 10.3. The van der Waals surface area contributed by atoms with Gasteiger partial charge in [0.25, 0.3) is 5.78 Å². The van der Waals surface area contributed by atoms with Gasteiger partial charge in [0.1, 0.15) is 11.9 Å². The lowest BCUT2D eigenvalue weighted by atomic mass is 10.1. The van der Waals surface area contributed by atoms with Gasteiger partial charge < -0.3 is 9.47 Å². The normalized spacial score (nSPS) is 14.7. The smallest absolute Gasteiger partial charge is 0.379 e. The Balaban J connectivity index is 1.97. The third-order valence-electron chi connectivity index (χ3n) is 2.49. The number of benzene rings is 1. The van der Waals surface area contributed by atoms with Crippen molar-refractivity contribution in [2.24, 2.45) is 0 Å². The van der Waals surface area contributed by atoms with Crippen LogP contribution in [0.25, 0.3) is 0 Å². The molecule has 1 fully saturated rings. The van der Waals surface area contributed by atoms with Crippen LogP contribution < -0.4 is 4.74 Å². The molecule has 1 aromatic rings. The molecule has 0 radical (unpaired) electrons. The number of rotatable bonds is 5. The maximum Gasteiger partial charge on any atom is 0.379 e. The van der Waals surface area contributed by atoms with Gasteiger partial charge in [-0.05, 0) is 31.2 Å². The second kappa shape index (κ2) is 5.91. The third-order valence-corrected chi connectivity index (χ3v) is 3.70. The Morgan fingerprint density at radius 1 is 1.28 bits per heavy atom. The topological polar surface area (TPSA) is 52.6 Å². The van der Waals surface area contributed by atoms with Crippen LogP contribution in [-0.4, -0.2) is 36.0 Å². The molecule has 5 heteroatoms. The fourth-order valence-electron chi connectivity index (χ4n) is 1.47. The average Bonchev–Trinajstić information content (AvgIpc) is 2.34. The summed E-state index contributed by atoms with van der Waals surface area (Å²) in [6, 6.07) is 6.58. The Labute approximate surface area is 110 Å². The summed E-state index contributed by atoms with van der Waals surface area (Å²) in [6.45, 7) is 1.86. The lowest BCUT2D eigenvalue weighted by Crippen LogP contribution is -2.31. The summed E-state index contributed by atoms with van der Waals surface area (Å²) >= 11 is 1.84. The second-order valence-corrected chi connectivity index (χ2v) is 4.93. The molecule has 4 nitrogen and oxygen atoms in total. The van der Waals surface area contributed by atoms with Gasteiger partial charge in [-0.1, -0.05) is 0 Å². The highest BCUT2D eigenvalue weighted by molar-refractivity contribution is 8.00. The van der Waals surface area contributed by atoms with E-state index in [9.17, 15) is 9.59 Å². The van der Waals surface area contributed by atoms with Crippen molar-refractivity contribution in [2.45, 2.75) is 13.0 Å². The Morgan fingerprint density at radius 2 is 1.94 bits per heavy atom. The highest BCUT2D eigenvalue weighted by atomic mass is 32.2. The van der Waals surface area contributed by atoms with E-state index in [1.54, 1.807) is 31.2 Å². The van der Waals surface area contributed by atoms with E-state index >= 15 is 0 Å². The molecule has 0 aromatic heterocycles. The average molecular weight is 266 g/mol. The first kappa shape index (κ1) is 13.0. The molecule has 0 bridgehead atoms. The fraction of sp³-hybridized carbons (Fsp3) is 0.385. The van der Waals surface area contributed by atoms with Crippen LogP contribution in [0.5, 0.6) is 5.75 Å². The summed E-state index contributed by atoms with van der Waals surface area (Å²) in [7, 11) is 0. The van der Waals surface area contributed by atoms with Gasteiger partial charge in [0.05, 0.1) is 6.61 Å². The minimum atomic E-state index is -0.818. The van der Waals surface area contributed by atoms with Gasteiger partial charge in [-0.15, -0.1) is 0 Å². The molecule has 2 rings (SSSR count). The maximum absolute atomic E-state index is 11.6. The Hall–Kier alpha value is -1.49. The van der Waals surface area contributed by atoms with E-state index in [1.165, 1.54) is 0 Å². The zero-order chi connectivity index (χ0) is 13.0. The van der Waals surface area contributed by atoms with Crippen LogP contribution in [0, 0.1) is 0 Å². The molecule has 0 N–H and O–H groups in total.